The van der Waals surface area contributed by atoms with Gasteiger partial charge in [-0.1, -0.05) is 6.42 Å². The molecule has 0 spiro atoms. The first-order valence-electron chi connectivity index (χ1n) is 7.24. The van der Waals surface area contributed by atoms with E-state index in [1.807, 2.05) is 0 Å². The topological polar surface area (TPSA) is 115 Å². The van der Waals surface area contributed by atoms with Gasteiger partial charge in [0.05, 0.1) is 9.82 Å². The Balaban J connectivity index is 0.00000264. The first-order chi connectivity index (χ1) is 10.3. The quantitative estimate of drug-likeness (QED) is 0.613. The Morgan fingerprint density at radius 3 is 2.35 bits per heavy atom. The van der Waals surface area contributed by atoms with Gasteiger partial charge in [0.15, 0.2) is 0 Å². The zero-order chi connectivity index (χ0) is 16.5. The van der Waals surface area contributed by atoms with Crippen LogP contribution in [0.25, 0.3) is 0 Å². The van der Waals surface area contributed by atoms with Crippen LogP contribution in [0.5, 0.6) is 0 Å². The second-order valence-corrected chi connectivity index (χ2v) is 7.47. The van der Waals surface area contributed by atoms with Crippen molar-refractivity contribution in [1.82, 2.24) is 4.72 Å². The zero-order valence-corrected chi connectivity index (χ0v) is 14.7. The number of nitrogens with one attached hydrogen (secondary N) is 1. The highest BCUT2D eigenvalue weighted by atomic mass is 35.5. The molecule has 2 atom stereocenters. The number of nitro groups is 1. The highest BCUT2D eigenvalue weighted by Crippen LogP contribution is 2.29. The van der Waals surface area contributed by atoms with Crippen molar-refractivity contribution in [1.29, 1.82) is 0 Å². The molecule has 2 unspecified atom stereocenters. The summed E-state index contributed by atoms with van der Waals surface area (Å²) in [5.41, 5.74) is 6.34. The lowest BCUT2D eigenvalue weighted by Gasteiger charge is -2.21. The van der Waals surface area contributed by atoms with Gasteiger partial charge in [0.1, 0.15) is 0 Å². The molecule has 0 aromatic heterocycles. The van der Waals surface area contributed by atoms with Gasteiger partial charge in [-0.25, -0.2) is 13.1 Å². The number of aryl methyl sites for hydroxylation is 2. The average Bonchev–Trinajstić information content (AvgIpc) is 2.83. The minimum Gasteiger partial charge on any atom is -0.330 e. The van der Waals surface area contributed by atoms with E-state index in [2.05, 4.69) is 4.72 Å². The van der Waals surface area contributed by atoms with Crippen LogP contribution < -0.4 is 10.5 Å². The Labute approximate surface area is 142 Å². The van der Waals surface area contributed by atoms with E-state index < -0.39 is 14.9 Å². The third-order valence-corrected chi connectivity index (χ3v) is 5.99. The molecule has 0 aliphatic heterocycles. The standard InChI is InChI=1S/C14H21N3O4S.ClH/c1-9-6-12(17(18)19)7-10(2)14(9)22(20,21)16-13-5-3-4-11(13)8-15;/h6-7,11,13,16H,3-5,8,15H2,1-2H3;1H. The molecular formula is C14H22ClN3O4S. The lowest BCUT2D eigenvalue weighted by atomic mass is 10.1. The van der Waals surface area contributed by atoms with Crippen LogP contribution in [0.2, 0.25) is 0 Å². The van der Waals surface area contributed by atoms with Crippen molar-refractivity contribution >= 4 is 28.1 Å². The maximum Gasteiger partial charge on any atom is 0.270 e. The fourth-order valence-electron chi connectivity index (χ4n) is 3.19. The van der Waals surface area contributed by atoms with Gasteiger partial charge in [-0.3, -0.25) is 10.1 Å². The number of non-ortho nitro benzene ring substituents is 1. The molecule has 1 saturated carbocycles. The van der Waals surface area contributed by atoms with Gasteiger partial charge < -0.3 is 5.73 Å². The molecule has 1 aromatic carbocycles. The summed E-state index contributed by atoms with van der Waals surface area (Å²) in [4.78, 5) is 10.5. The summed E-state index contributed by atoms with van der Waals surface area (Å²) < 4.78 is 28.0. The molecule has 130 valence electrons. The van der Waals surface area contributed by atoms with Crippen molar-refractivity contribution in [3.05, 3.63) is 33.4 Å². The molecule has 1 aliphatic rings. The third-order valence-electron chi connectivity index (χ3n) is 4.19. The highest BCUT2D eigenvalue weighted by Gasteiger charge is 2.32. The summed E-state index contributed by atoms with van der Waals surface area (Å²) in [6, 6.07) is 2.41. The van der Waals surface area contributed by atoms with E-state index in [0.29, 0.717) is 17.7 Å². The summed E-state index contributed by atoms with van der Waals surface area (Å²) in [6.07, 6.45) is 2.64. The van der Waals surface area contributed by atoms with Crippen LogP contribution in [-0.2, 0) is 10.0 Å². The van der Waals surface area contributed by atoms with Crippen LogP contribution >= 0.6 is 12.4 Å². The smallest absolute Gasteiger partial charge is 0.270 e. The number of nitrogens with zero attached hydrogens (tertiary/aromatic N) is 1. The molecule has 0 radical (unpaired) electrons. The van der Waals surface area contributed by atoms with Crippen molar-refractivity contribution < 1.29 is 13.3 Å². The lowest BCUT2D eigenvalue weighted by Crippen LogP contribution is -2.40. The Hall–Kier alpha value is -1.22. The average molecular weight is 364 g/mol. The monoisotopic (exact) mass is 363 g/mol. The molecule has 2 rings (SSSR count). The van der Waals surface area contributed by atoms with Crippen LogP contribution in [0.1, 0.15) is 30.4 Å². The van der Waals surface area contributed by atoms with Gasteiger partial charge in [0.2, 0.25) is 10.0 Å². The maximum atomic E-state index is 12.7. The van der Waals surface area contributed by atoms with Gasteiger partial charge >= 0.3 is 0 Å². The Kier molecular flexibility index (Phi) is 6.52. The molecule has 9 heteroatoms. The number of benzene rings is 1. The second kappa shape index (κ2) is 7.57. The molecule has 0 bridgehead atoms. The first-order valence-corrected chi connectivity index (χ1v) is 8.72. The number of hydrogen-bond acceptors (Lipinski definition) is 5. The second-order valence-electron chi connectivity index (χ2n) is 5.82. The number of nitro benzene ring substituents is 1. The highest BCUT2D eigenvalue weighted by molar-refractivity contribution is 7.89. The zero-order valence-electron chi connectivity index (χ0n) is 13.1. The molecule has 3 N–H and O–H groups in total. The van der Waals surface area contributed by atoms with E-state index >= 15 is 0 Å². The largest absolute Gasteiger partial charge is 0.330 e. The molecule has 7 nitrogen and oxygen atoms in total. The first kappa shape index (κ1) is 19.8. The van der Waals surface area contributed by atoms with Crippen LogP contribution in [0, 0.1) is 29.9 Å². The van der Waals surface area contributed by atoms with Crippen LogP contribution in [0.3, 0.4) is 0 Å². The van der Waals surface area contributed by atoms with Crippen molar-refractivity contribution in [3.8, 4) is 0 Å². The van der Waals surface area contributed by atoms with Crippen molar-refractivity contribution in [2.75, 3.05) is 6.54 Å². The minimum atomic E-state index is -3.72. The Morgan fingerprint density at radius 2 is 1.87 bits per heavy atom. The molecule has 1 aliphatic carbocycles. The van der Waals surface area contributed by atoms with Gasteiger partial charge in [0, 0.05) is 18.2 Å². The van der Waals surface area contributed by atoms with E-state index in [1.165, 1.54) is 12.1 Å². The summed E-state index contributed by atoms with van der Waals surface area (Å²) in [7, 11) is -3.72. The molecule has 1 aromatic rings. The molecule has 0 amide bonds. The minimum absolute atomic E-state index is 0. The number of halogens is 1. The van der Waals surface area contributed by atoms with E-state index in [1.54, 1.807) is 13.8 Å². The van der Waals surface area contributed by atoms with E-state index in [4.69, 9.17) is 5.73 Å². The summed E-state index contributed by atoms with van der Waals surface area (Å²) in [5, 5.41) is 10.9. The van der Waals surface area contributed by atoms with Crippen LogP contribution in [-0.4, -0.2) is 25.9 Å². The third kappa shape index (κ3) is 4.20. The van der Waals surface area contributed by atoms with Crippen molar-refractivity contribution in [2.24, 2.45) is 11.7 Å². The molecular weight excluding hydrogens is 342 g/mol. The number of nitrogens with two attached hydrogens (primary N) is 1. The van der Waals surface area contributed by atoms with Gasteiger partial charge in [-0.15, -0.1) is 12.4 Å². The predicted octanol–water partition coefficient (Wildman–Crippen LogP) is 2.04. The van der Waals surface area contributed by atoms with Gasteiger partial charge in [-0.05, 0) is 50.3 Å². The summed E-state index contributed by atoms with van der Waals surface area (Å²) in [6.45, 7) is 3.60. The van der Waals surface area contributed by atoms with Gasteiger partial charge in [0.25, 0.3) is 5.69 Å². The Morgan fingerprint density at radius 1 is 1.30 bits per heavy atom. The van der Waals surface area contributed by atoms with Crippen LogP contribution in [0.15, 0.2) is 17.0 Å². The normalized spacial score (nSPS) is 21.0. The molecule has 0 saturated heterocycles. The molecule has 1 fully saturated rings. The van der Waals surface area contributed by atoms with Gasteiger partial charge in [-0.2, -0.15) is 0 Å². The summed E-state index contributed by atoms with van der Waals surface area (Å²) in [5.74, 6) is 0.147. The van der Waals surface area contributed by atoms with Crippen molar-refractivity contribution in [2.45, 2.75) is 44.0 Å². The number of hydrogen-bond donors (Lipinski definition) is 2. The molecule has 23 heavy (non-hydrogen) atoms. The SMILES string of the molecule is Cc1cc([N+](=O)[O-])cc(C)c1S(=O)(=O)NC1CCCC1CN.Cl. The maximum absolute atomic E-state index is 12.7. The summed E-state index contributed by atoms with van der Waals surface area (Å²) >= 11 is 0. The van der Waals surface area contributed by atoms with E-state index in [-0.39, 0.29) is 34.9 Å². The van der Waals surface area contributed by atoms with E-state index in [9.17, 15) is 18.5 Å². The number of sulfonamides is 1. The fourth-order valence-corrected chi connectivity index (χ4v) is 4.98. The fraction of sp³-hybridized carbons (Fsp3) is 0.571. The van der Waals surface area contributed by atoms with Crippen molar-refractivity contribution in [3.63, 3.8) is 0 Å². The lowest BCUT2D eigenvalue weighted by molar-refractivity contribution is -0.385. The predicted molar refractivity (Wildman–Crippen MR) is 90.3 cm³/mol. The number of rotatable bonds is 5. The molecule has 0 heterocycles. The van der Waals surface area contributed by atoms with E-state index in [0.717, 1.165) is 19.3 Å². The van der Waals surface area contributed by atoms with Crippen LogP contribution in [0.4, 0.5) is 5.69 Å². The Bertz CT molecular complexity index is 670.